The Balaban J connectivity index is 1.91. The van der Waals surface area contributed by atoms with Crippen molar-refractivity contribution in [2.45, 2.75) is 84.6 Å². The number of aliphatic hydroxyl groups excluding tert-OH is 1. The molecule has 3 saturated heterocycles. The number of hydrogen-bond donors (Lipinski definition) is 1. The number of amides is 2. The van der Waals surface area contributed by atoms with E-state index in [1.165, 1.54) is 0 Å². The van der Waals surface area contributed by atoms with E-state index in [9.17, 15) is 19.5 Å². The highest BCUT2D eigenvalue weighted by atomic mass is 16.6. The summed E-state index contributed by atoms with van der Waals surface area (Å²) in [4.78, 5) is 45.8. The Kier molecular flexibility index (Phi) is 8.03. The first-order valence-electron chi connectivity index (χ1n) is 14.2. The van der Waals surface area contributed by atoms with E-state index in [0.717, 1.165) is 16.8 Å². The molecule has 2 amide bonds. The van der Waals surface area contributed by atoms with Gasteiger partial charge in [0.2, 0.25) is 5.91 Å². The zero-order chi connectivity index (χ0) is 28.9. The lowest BCUT2D eigenvalue weighted by molar-refractivity contribution is -0.162. The SMILES string of the molecule is C=CCN(C(=O)C1N([C@@H](CO)CC(C)C)C(=O)[C@@H]2[C@H](C(=O)OCC)[C@@]3(C)OC12CC3C)c1cc(C)ccc1C. The van der Waals surface area contributed by atoms with Gasteiger partial charge in [0, 0.05) is 12.2 Å². The Bertz CT molecular complexity index is 1150. The number of nitrogens with zero attached hydrogens (tertiary/aromatic N) is 2. The summed E-state index contributed by atoms with van der Waals surface area (Å²) < 4.78 is 12.3. The highest BCUT2D eigenvalue weighted by Gasteiger charge is 2.80. The molecule has 1 aromatic rings. The third-order valence-electron chi connectivity index (χ3n) is 9.11. The first-order chi connectivity index (χ1) is 18.4. The van der Waals surface area contributed by atoms with Crippen LogP contribution in [0, 0.1) is 37.5 Å². The van der Waals surface area contributed by atoms with E-state index in [-0.39, 0.29) is 43.4 Å². The van der Waals surface area contributed by atoms with Gasteiger partial charge in [0.25, 0.3) is 5.91 Å². The maximum Gasteiger partial charge on any atom is 0.312 e. The number of esters is 1. The van der Waals surface area contributed by atoms with Crippen molar-refractivity contribution in [2.24, 2.45) is 23.7 Å². The number of hydrogen-bond acceptors (Lipinski definition) is 6. The van der Waals surface area contributed by atoms with Gasteiger partial charge >= 0.3 is 5.97 Å². The summed E-state index contributed by atoms with van der Waals surface area (Å²) in [6, 6.07) is 4.33. The number of ether oxygens (including phenoxy) is 2. The Morgan fingerprint density at radius 2 is 2.03 bits per heavy atom. The Morgan fingerprint density at radius 1 is 1.33 bits per heavy atom. The van der Waals surface area contributed by atoms with Gasteiger partial charge in [0.05, 0.1) is 30.8 Å². The molecule has 1 spiro atoms. The molecule has 1 aromatic carbocycles. The molecule has 0 radical (unpaired) electrons. The molecule has 2 bridgehead atoms. The minimum Gasteiger partial charge on any atom is -0.466 e. The first kappa shape index (κ1) is 29.3. The second-order valence-electron chi connectivity index (χ2n) is 12.2. The second kappa shape index (κ2) is 10.7. The highest BCUT2D eigenvalue weighted by molar-refractivity contribution is 6.05. The number of benzene rings is 1. The first-order valence-corrected chi connectivity index (χ1v) is 14.2. The van der Waals surface area contributed by atoms with E-state index >= 15 is 0 Å². The Morgan fingerprint density at radius 3 is 2.62 bits per heavy atom. The van der Waals surface area contributed by atoms with Crippen LogP contribution in [0.1, 0.15) is 58.6 Å². The van der Waals surface area contributed by atoms with Crippen LogP contribution in [0.5, 0.6) is 0 Å². The molecule has 3 heterocycles. The average Bonchev–Trinajstić information content (AvgIpc) is 3.39. The molecule has 1 N–H and O–H groups in total. The number of aryl methyl sites for hydroxylation is 2. The molecule has 214 valence electrons. The van der Waals surface area contributed by atoms with Crippen molar-refractivity contribution in [3.05, 3.63) is 42.0 Å². The largest absolute Gasteiger partial charge is 0.466 e. The molecule has 4 rings (SSSR count). The summed E-state index contributed by atoms with van der Waals surface area (Å²) in [5, 5.41) is 10.5. The Hall–Kier alpha value is -2.71. The Labute approximate surface area is 232 Å². The van der Waals surface area contributed by atoms with Crippen molar-refractivity contribution in [3.63, 3.8) is 0 Å². The third-order valence-corrected chi connectivity index (χ3v) is 9.11. The number of rotatable bonds is 10. The zero-order valence-electron chi connectivity index (χ0n) is 24.4. The van der Waals surface area contributed by atoms with Crippen LogP contribution < -0.4 is 4.90 Å². The third kappa shape index (κ3) is 4.49. The molecule has 0 aromatic heterocycles. The van der Waals surface area contributed by atoms with Crippen LogP contribution in [0.4, 0.5) is 5.69 Å². The summed E-state index contributed by atoms with van der Waals surface area (Å²) in [5.41, 5.74) is 0.518. The molecule has 3 fully saturated rings. The quantitative estimate of drug-likeness (QED) is 0.358. The van der Waals surface area contributed by atoms with Crippen LogP contribution >= 0.6 is 0 Å². The molecule has 3 unspecified atom stereocenters. The molecule has 8 nitrogen and oxygen atoms in total. The lowest BCUT2D eigenvalue weighted by Gasteiger charge is -2.40. The second-order valence-corrected chi connectivity index (χ2v) is 12.2. The van der Waals surface area contributed by atoms with Crippen LogP contribution in [0.2, 0.25) is 0 Å². The van der Waals surface area contributed by atoms with Crippen molar-refractivity contribution in [1.82, 2.24) is 4.90 Å². The van der Waals surface area contributed by atoms with Gasteiger partial charge in [-0.15, -0.1) is 6.58 Å². The fourth-order valence-electron chi connectivity index (χ4n) is 7.35. The number of carbonyl (C=O) groups is 3. The van der Waals surface area contributed by atoms with E-state index in [2.05, 4.69) is 6.58 Å². The molecule has 3 aliphatic rings. The van der Waals surface area contributed by atoms with Crippen molar-refractivity contribution in [1.29, 1.82) is 0 Å². The number of anilines is 1. The van der Waals surface area contributed by atoms with E-state index < -0.39 is 41.1 Å². The molecule has 8 heteroatoms. The van der Waals surface area contributed by atoms with Gasteiger partial charge in [-0.05, 0) is 69.6 Å². The summed E-state index contributed by atoms with van der Waals surface area (Å²) in [7, 11) is 0. The van der Waals surface area contributed by atoms with E-state index in [0.29, 0.717) is 12.8 Å². The summed E-state index contributed by atoms with van der Waals surface area (Å²) >= 11 is 0. The molecule has 0 aliphatic carbocycles. The van der Waals surface area contributed by atoms with Crippen molar-refractivity contribution in [2.75, 3.05) is 24.7 Å². The van der Waals surface area contributed by atoms with Crippen LogP contribution in [-0.4, -0.2) is 70.8 Å². The van der Waals surface area contributed by atoms with Gasteiger partial charge in [-0.2, -0.15) is 0 Å². The molecular weight excluding hydrogens is 496 g/mol. The number of carbonyl (C=O) groups excluding carboxylic acids is 3. The maximum absolute atomic E-state index is 14.8. The molecule has 3 aliphatic heterocycles. The van der Waals surface area contributed by atoms with E-state index in [1.807, 2.05) is 59.7 Å². The summed E-state index contributed by atoms with van der Waals surface area (Å²) in [6.45, 7) is 17.6. The van der Waals surface area contributed by atoms with E-state index in [4.69, 9.17) is 9.47 Å². The fraction of sp³-hybridized carbons (Fsp3) is 0.645. The molecular formula is C31H44N2O6. The van der Waals surface area contributed by atoms with E-state index in [1.54, 1.807) is 22.8 Å². The van der Waals surface area contributed by atoms with Gasteiger partial charge in [0.1, 0.15) is 17.6 Å². The number of aliphatic hydroxyl groups is 1. The topological polar surface area (TPSA) is 96.4 Å². The molecule has 0 saturated carbocycles. The number of likely N-dealkylation sites (tertiary alicyclic amines) is 1. The highest BCUT2D eigenvalue weighted by Crippen LogP contribution is 2.65. The van der Waals surface area contributed by atoms with Gasteiger partial charge in [-0.3, -0.25) is 14.4 Å². The fourth-order valence-corrected chi connectivity index (χ4v) is 7.35. The lowest BCUT2D eigenvalue weighted by atomic mass is 9.62. The van der Waals surface area contributed by atoms with Gasteiger partial charge in [-0.25, -0.2) is 0 Å². The lowest BCUT2D eigenvalue weighted by Crippen LogP contribution is -2.59. The standard InChI is InChI=1S/C31H44N2O6/c1-9-13-32(23-15-19(5)11-12-20(23)6)28(36)26-31-16-21(7)30(8,39-31)25(29(37)38-10-2)24(31)27(35)33(26)22(17-34)14-18(3)4/h9,11-12,15,18,21-22,24-26,34H,1,10,13-14,16-17H2,2-8H3/t21?,22-,24+,25-,26?,30+,31?/m1/s1. The number of fused-ring (bicyclic) bond motifs is 1. The minimum absolute atomic E-state index is 0.0857. The van der Waals surface area contributed by atoms with Gasteiger partial charge in [0.15, 0.2) is 0 Å². The molecule has 7 atom stereocenters. The van der Waals surface area contributed by atoms with Crippen molar-refractivity contribution >= 4 is 23.5 Å². The smallest absolute Gasteiger partial charge is 0.312 e. The van der Waals surface area contributed by atoms with Gasteiger partial charge in [-0.1, -0.05) is 39.0 Å². The monoisotopic (exact) mass is 540 g/mol. The van der Waals surface area contributed by atoms with Crippen LogP contribution in [0.25, 0.3) is 0 Å². The molecule has 39 heavy (non-hydrogen) atoms. The van der Waals surface area contributed by atoms with Crippen molar-refractivity contribution in [3.8, 4) is 0 Å². The zero-order valence-corrected chi connectivity index (χ0v) is 24.4. The maximum atomic E-state index is 14.8. The van der Waals surface area contributed by atoms with Gasteiger partial charge < -0.3 is 24.4 Å². The summed E-state index contributed by atoms with van der Waals surface area (Å²) in [5.74, 6) is -2.69. The van der Waals surface area contributed by atoms with Crippen molar-refractivity contribution < 1.29 is 29.0 Å². The predicted molar refractivity (Wildman–Crippen MR) is 149 cm³/mol. The predicted octanol–water partition coefficient (Wildman–Crippen LogP) is 3.80. The normalized spacial score (nSPS) is 31.9. The minimum atomic E-state index is -1.21. The van der Waals surface area contributed by atoms with Crippen LogP contribution in [0.15, 0.2) is 30.9 Å². The van der Waals surface area contributed by atoms with Crippen LogP contribution in [0.3, 0.4) is 0 Å². The van der Waals surface area contributed by atoms with Crippen LogP contribution in [-0.2, 0) is 23.9 Å². The summed E-state index contributed by atoms with van der Waals surface area (Å²) in [6.07, 6.45) is 2.64. The average molecular weight is 541 g/mol.